The molecule has 0 saturated heterocycles. The molecule has 0 amide bonds. The van der Waals surface area contributed by atoms with E-state index in [1.54, 1.807) is 24.3 Å². The molecule has 24 heavy (non-hydrogen) atoms. The second-order valence-corrected chi connectivity index (χ2v) is 7.66. The second-order valence-electron chi connectivity index (χ2n) is 5.89. The van der Waals surface area contributed by atoms with Crippen LogP contribution in [0.2, 0.25) is 0 Å². The van der Waals surface area contributed by atoms with Gasteiger partial charge in [0.25, 0.3) is 0 Å². The zero-order valence-corrected chi connectivity index (χ0v) is 14.6. The number of fused-ring (bicyclic) bond motifs is 1. The van der Waals surface area contributed by atoms with Crippen molar-refractivity contribution in [2.75, 3.05) is 6.79 Å². The molecule has 0 aliphatic carbocycles. The van der Waals surface area contributed by atoms with Gasteiger partial charge in [0.2, 0.25) is 16.8 Å². The van der Waals surface area contributed by atoms with Crippen LogP contribution >= 0.6 is 0 Å². The summed E-state index contributed by atoms with van der Waals surface area (Å²) < 4.78 is 38.0. The van der Waals surface area contributed by atoms with E-state index in [2.05, 4.69) is 18.6 Å². The van der Waals surface area contributed by atoms with E-state index >= 15 is 0 Å². The number of hydrogen-bond donors (Lipinski definition) is 1. The summed E-state index contributed by atoms with van der Waals surface area (Å²) in [7, 11) is -3.54. The maximum Gasteiger partial charge on any atom is 0.240 e. The van der Waals surface area contributed by atoms with Crippen LogP contribution in [-0.4, -0.2) is 15.2 Å². The quantitative estimate of drug-likeness (QED) is 0.870. The van der Waals surface area contributed by atoms with Gasteiger partial charge in [-0.1, -0.05) is 32.0 Å². The summed E-state index contributed by atoms with van der Waals surface area (Å²) in [6.45, 7) is 4.64. The Morgan fingerprint density at radius 3 is 2.50 bits per heavy atom. The highest BCUT2D eigenvalue weighted by molar-refractivity contribution is 7.89. The van der Waals surface area contributed by atoms with E-state index in [-0.39, 0.29) is 18.2 Å². The van der Waals surface area contributed by atoms with E-state index in [1.807, 2.05) is 18.2 Å². The molecule has 6 heteroatoms. The summed E-state index contributed by atoms with van der Waals surface area (Å²) in [5.74, 6) is 1.75. The second kappa shape index (κ2) is 6.83. The number of benzene rings is 2. The number of hydrogen-bond acceptors (Lipinski definition) is 4. The van der Waals surface area contributed by atoms with Gasteiger partial charge < -0.3 is 9.47 Å². The Kier molecular flexibility index (Phi) is 4.78. The Morgan fingerprint density at radius 1 is 1.08 bits per heavy atom. The lowest BCUT2D eigenvalue weighted by Gasteiger charge is -2.11. The lowest BCUT2D eigenvalue weighted by Crippen LogP contribution is -2.23. The Labute approximate surface area is 142 Å². The zero-order valence-electron chi connectivity index (χ0n) is 13.8. The molecule has 0 aromatic heterocycles. The van der Waals surface area contributed by atoms with Gasteiger partial charge in [0, 0.05) is 6.54 Å². The molecule has 2 aromatic carbocycles. The molecule has 1 aliphatic heterocycles. The first-order valence-electron chi connectivity index (χ1n) is 7.98. The maximum absolute atomic E-state index is 12.4. The fourth-order valence-electron chi connectivity index (χ4n) is 2.52. The molecule has 1 aliphatic rings. The van der Waals surface area contributed by atoms with Gasteiger partial charge in [-0.15, -0.1) is 0 Å². The molecule has 0 radical (unpaired) electrons. The minimum Gasteiger partial charge on any atom is -0.454 e. The fraction of sp³-hybridized carbons (Fsp3) is 0.333. The normalized spacial score (nSPS) is 14.6. The molecular weight excluding hydrogens is 326 g/mol. The van der Waals surface area contributed by atoms with Gasteiger partial charge in [0.1, 0.15) is 0 Å². The number of rotatable bonds is 6. The van der Waals surface area contributed by atoms with Crippen LogP contribution in [0.5, 0.6) is 11.5 Å². The molecule has 0 saturated carbocycles. The van der Waals surface area contributed by atoms with Crippen LogP contribution in [0.1, 0.15) is 37.3 Å². The number of sulfonamides is 1. The highest BCUT2D eigenvalue weighted by Gasteiger charge is 2.16. The maximum atomic E-state index is 12.4. The lowest BCUT2D eigenvalue weighted by atomic mass is 9.99. The molecule has 128 valence electrons. The van der Waals surface area contributed by atoms with Gasteiger partial charge in [-0.05, 0) is 47.7 Å². The van der Waals surface area contributed by atoms with Gasteiger partial charge >= 0.3 is 0 Å². The molecule has 0 fully saturated rings. The van der Waals surface area contributed by atoms with Crippen molar-refractivity contribution in [2.45, 2.75) is 37.6 Å². The predicted octanol–water partition coefficient (Wildman–Crippen LogP) is 3.41. The molecule has 3 rings (SSSR count). The molecule has 0 bridgehead atoms. The van der Waals surface area contributed by atoms with E-state index in [0.29, 0.717) is 17.4 Å². The van der Waals surface area contributed by atoms with Crippen molar-refractivity contribution in [3.8, 4) is 11.5 Å². The van der Waals surface area contributed by atoms with E-state index in [1.165, 1.54) is 0 Å². The van der Waals surface area contributed by atoms with E-state index in [4.69, 9.17) is 9.47 Å². The van der Waals surface area contributed by atoms with Gasteiger partial charge in [0.05, 0.1) is 4.90 Å². The minimum absolute atomic E-state index is 0.200. The highest BCUT2D eigenvalue weighted by Crippen LogP contribution is 2.32. The van der Waals surface area contributed by atoms with Crippen LogP contribution in [0.25, 0.3) is 0 Å². The lowest BCUT2D eigenvalue weighted by molar-refractivity contribution is 0.174. The number of nitrogens with one attached hydrogen (secondary N) is 1. The average molecular weight is 347 g/mol. The molecule has 2 aromatic rings. The van der Waals surface area contributed by atoms with Crippen molar-refractivity contribution in [1.29, 1.82) is 0 Å². The molecule has 1 atom stereocenters. The molecular formula is C18H21NO4S. The summed E-state index contributed by atoms with van der Waals surface area (Å²) in [4.78, 5) is 0.273. The number of ether oxygens (including phenoxy) is 2. The van der Waals surface area contributed by atoms with Crippen LogP contribution in [0.15, 0.2) is 47.4 Å². The summed E-state index contributed by atoms with van der Waals surface area (Å²) >= 11 is 0. The summed E-state index contributed by atoms with van der Waals surface area (Å²) in [6.07, 6.45) is 1.02. The van der Waals surface area contributed by atoms with Gasteiger partial charge in [-0.2, -0.15) is 0 Å². The highest BCUT2D eigenvalue weighted by atomic mass is 32.2. The smallest absolute Gasteiger partial charge is 0.240 e. The Balaban J connectivity index is 1.69. The third-order valence-corrected chi connectivity index (χ3v) is 5.69. The van der Waals surface area contributed by atoms with Crippen molar-refractivity contribution in [3.63, 3.8) is 0 Å². The van der Waals surface area contributed by atoms with Gasteiger partial charge in [-0.25, -0.2) is 13.1 Å². The fourth-order valence-corrected chi connectivity index (χ4v) is 3.54. The Morgan fingerprint density at radius 2 is 1.79 bits per heavy atom. The van der Waals surface area contributed by atoms with Crippen molar-refractivity contribution in [1.82, 2.24) is 4.72 Å². The monoisotopic (exact) mass is 347 g/mol. The topological polar surface area (TPSA) is 64.6 Å². The Hall–Kier alpha value is -2.05. The molecule has 5 nitrogen and oxygen atoms in total. The van der Waals surface area contributed by atoms with E-state index in [0.717, 1.165) is 17.5 Å². The van der Waals surface area contributed by atoms with Crippen LogP contribution in [0.3, 0.4) is 0 Å². The van der Waals surface area contributed by atoms with Crippen LogP contribution in [0, 0.1) is 0 Å². The standard InChI is InChI=1S/C18H21NO4S/c1-3-13(2)15-5-7-16(8-6-15)24(20,21)19-11-14-4-9-17-18(10-14)23-12-22-17/h4-10,13,19H,3,11-12H2,1-2H3. The molecule has 1 heterocycles. The first kappa shape index (κ1) is 16.8. The van der Waals surface area contributed by atoms with Crippen molar-refractivity contribution in [3.05, 3.63) is 53.6 Å². The van der Waals surface area contributed by atoms with Crippen LogP contribution < -0.4 is 14.2 Å². The van der Waals surface area contributed by atoms with Crippen LogP contribution in [0.4, 0.5) is 0 Å². The molecule has 1 unspecified atom stereocenters. The van der Waals surface area contributed by atoms with Gasteiger partial charge in [-0.3, -0.25) is 0 Å². The third kappa shape index (κ3) is 3.55. The first-order chi connectivity index (χ1) is 11.5. The third-order valence-electron chi connectivity index (χ3n) is 4.28. The zero-order chi connectivity index (χ0) is 17.2. The van der Waals surface area contributed by atoms with Crippen molar-refractivity contribution >= 4 is 10.0 Å². The minimum atomic E-state index is -3.54. The van der Waals surface area contributed by atoms with E-state index in [9.17, 15) is 8.42 Å². The summed E-state index contributed by atoms with van der Waals surface area (Å²) in [5, 5.41) is 0. The average Bonchev–Trinajstić information content (AvgIpc) is 3.07. The summed E-state index contributed by atoms with van der Waals surface area (Å²) in [6, 6.07) is 12.5. The Bertz CT molecular complexity index is 815. The van der Waals surface area contributed by atoms with Crippen molar-refractivity contribution in [2.24, 2.45) is 0 Å². The van der Waals surface area contributed by atoms with Gasteiger partial charge in [0.15, 0.2) is 11.5 Å². The summed E-state index contributed by atoms with van der Waals surface area (Å²) in [5.41, 5.74) is 1.96. The largest absolute Gasteiger partial charge is 0.454 e. The van der Waals surface area contributed by atoms with E-state index < -0.39 is 10.0 Å². The first-order valence-corrected chi connectivity index (χ1v) is 9.46. The SMILES string of the molecule is CCC(C)c1ccc(S(=O)(=O)NCc2ccc3c(c2)OCO3)cc1. The predicted molar refractivity (Wildman–Crippen MR) is 91.7 cm³/mol. The van der Waals surface area contributed by atoms with Crippen LogP contribution in [-0.2, 0) is 16.6 Å². The van der Waals surface area contributed by atoms with Crippen molar-refractivity contribution < 1.29 is 17.9 Å². The molecule has 1 N–H and O–H groups in total. The molecule has 0 spiro atoms.